The van der Waals surface area contributed by atoms with Crippen molar-refractivity contribution < 1.29 is 0 Å². The highest BCUT2D eigenvalue weighted by Crippen LogP contribution is 2.49. The van der Waals surface area contributed by atoms with Crippen LogP contribution in [0.1, 0.15) is 52.4 Å². The van der Waals surface area contributed by atoms with E-state index in [2.05, 4.69) is 23.6 Å². The molecule has 1 saturated carbocycles. The lowest BCUT2D eigenvalue weighted by Crippen LogP contribution is -2.56. The Balaban J connectivity index is 1.65. The fourth-order valence-electron chi connectivity index (χ4n) is 3.96. The molecule has 0 spiro atoms. The van der Waals surface area contributed by atoms with Gasteiger partial charge in [0.1, 0.15) is 0 Å². The summed E-state index contributed by atoms with van der Waals surface area (Å²) in [5, 5.41) is 0. The van der Waals surface area contributed by atoms with Crippen molar-refractivity contribution in [3.63, 3.8) is 0 Å². The average Bonchev–Trinajstić information content (AvgIpc) is 2.98. The van der Waals surface area contributed by atoms with E-state index in [9.17, 15) is 0 Å². The average molecular weight is 236 g/mol. The van der Waals surface area contributed by atoms with Gasteiger partial charge in [-0.25, -0.2) is 0 Å². The van der Waals surface area contributed by atoms with E-state index in [0.717, 1.165) is 17.5 Å². The molecule has 2 heterocycles. The van der Waals surface area contributed by atoms with Gasteiger partial charge in [-0.3, -0.25) is 9.80 Å². The van der Waals surface area contributed by atoms with Crippen LogP contribution in [-0.4, -0.2) is 48.1 Å². The third-order valence-electron chi connectivity index (χ3n) is 5.62. The molecule has 0 aromatic heterocycles. The Morgan fingerprint density at radius 2 is 2.00 bits per heavy atom. The van der Waals surface area contributed by atoms with Crippen molar-refractivity contribution >= 4 is 0 Å². The second-order valence-electron chi connectivity index (χ2n) is 6.64. The van der Waals surface area contributed by atoms with Gasteiger partial charge in [0, 0.05) is 31.7 Å². The van der Waals surface area contributed by atoms with Crippen LogP contribution in [0.4, 0.5) is 0 Å². The van der Waals surface area contributed by atoms with E-state index in [1.165, 1.54) is 64.7 Å². The Kier molecular flexibility index (Phi) is 3.20. The molecule has 2 atom stereocenters. The Morgan fingerprint density at radius 1 is 1.18 bits per heavy atom. The molecular weight excluding hydrogens is 208 g/mol. The monoisotopic (exact) mass is 236 g/mol. The molecule has 2 nitrogen and oxygen atoms in total. The summed E-state index contributed by atoms with van der Waals surface area (Å²) >= 11 is 0. The number of nitrogens with zero attached hydrogens (tertiary/aromatic N) is 2. The highest BCUT2D eigenvalue weighted by Gasteiger charge is 2.45. The summed E-state index contributed by atoms with van der Waals surface area (Å²) in [5.74, 6) is 0. The second-order valence-corrected chi connectivity index (χ2v) is 6.64. The zero-order chi connectivity index (χ0) is 11.9. The molecule has 17 heavy (non-hydrogen) atoms. The zero-order valence-corrected chi connectivity index (χ0v) is 11.6. The number of rotatable bonds is 4. The first-order chi connectivity index (χ1) is 8.26. The number of hydrogen-bond donors (Lipinski definition) is 0. The molecule has 0 radical (unpaired) electrons. The molecule has 0 aromatic rings. The summed E-state index contributed by atoms with van der Waals surface area (Å²) in [6, 6.07) is 1.74. The lowest BCUT2D eigenvalue weighted by Gasteiger charge is -2.45. The highest BCUT2D eigenvalue weighted by molar-refractivity contribution is 4.99. The molecule has 2 unspecified atom stereocenters. The molecule has 0 bridgehead atoms. The van der Waals surface area contributed by atoms with Gasteiger partial charge in [-0.05, 0) is 50.5 Å². The summed E-state index contributed by atoms with van der Waals surface area (Å²) in [4.78, 5) is 5.61. The Labute approximate surface area is 106 Å². The van der Waals surface area contributed by atoms with Gasteiger partial charge in [-0.15, -0.1) is 0 Å². The van der Waals surface area contributed by atoms with Gasteiger partial charge in [0.2, 0.25) is 0 Å². The summed E-state index contributed by atoms with van der Waals surface area (Å²) in [7, 11) is 0. The molecule has 3 aliphatic rings. The van der Waals surface area contributed by atoms with Crippen molar-refractivity contribution in [1.82, 2.24) is 9.80 Å². The lowest BCUT2D eigenvalue weighted by molar-refractivity contribution is 0.0343. The van der Waals surface area contributed by atoms with Gasteiger partial charge in [0.05, 0.1) is 0 Å². The van der Waals surface area contributed by atoms with E-state index in [0.29, 0.717) is 0 Å². The third-order valence-corrected chi connectivity index (χ3v) is 5.62. The van der Waals surface area contributed by atoms with Gasteiger partial charge in [0.25, 0.3) is 0 Å². The van der Waals surface area contributed by atoms with Crippen LogP contribution in [0.15, 0.2) is 0 Å². The standard InChI is InChI=1S/C15H28N2/c1-3-13-10-16-9-5-6-14(16)11-17(13)12-15(4-2)7-8-15/h13-14H,3-12H2,1-2H3. The normalized spacial score (nSPS) is 37.1. The maximum Gasteiger partial charge on any atom is 0.0224 e. The van der Waals surface area contributed by atoms with Crippen LogP contribution in [0, 0.1) is 5.41 Å². The molecule has 2 heteroatoms. The SMILES string of the molecule is CCC1CN2CCCC2CN1CC1(CC)CC1. The van der Waals surface area contributed by atoms with Crippen LogP contribution in [0.25, 0.3) is 0 Å². The van der Waals surface area contributed by atoms with E-state index >= 15 is 0 Å². The second kappa shape index (κ2) is 4.55. The minimum Gasteiger partial charge on any atom is -0.298 e. The molecular formula is C15H28N2. The Bertz CT molecular complexity index is 272. The fourth-order valence-corrected chi connectivity index (χ4v) is 3.96. The predicted octanol–water partition coefficient (Wildman–Crippen LogP) is 2.74. The number of hydrogen-bond acceptors (Lipinski definition) is 2. The van der Waals surface area contributed by atoms with E-state index < -0.39 is 0 Å². The van der Waals surface area contributed by atoms with Crippen LogP contribution in [0.3, 0.4) is 0 Å². The van der Waals surface area contributed by atoms with Crippen LogP contribution < -0.4 is 0 Å². The smallest absolute Gasteiger partial charge is 0.0224 e. The lowest BCUT2D eigenvalue weighted by atomic mass is 9.98. The van der Waals surface area contributed by atoms with E-state index in [1.54, 1.807) is 0 Å². The molecule has 0 N–H and O–H groups in total. The predicted molar refractivity (Wildman–Crippen MR) is 72.2 cm³/mol. The maximum absolute atomic E-state index is 2.85. The third kappa shape index (κ3) is 2.26. The molecule has 2 aliphatic heterocycles. The first-order valence-electron chi connectivity index (χ1n) is 7.74. The zero-order valence-electron chi connectivity index (χ0n) is 11.6. The summed E-state index contributed by atoms with van der Waals surface area (Å²) in [6.07, 6.45) is 8.60. The number of fused-ring (bicyclic) bond motifs is 1. The van der Waals surface area contributed by atoms with Crippen LogP contribution >= 0.6 is 0 Å². The van der Waals surface area contributed by atoms with Gasteiger partial charge >= 0.3 is 0 Å². The van der Waals surface area contributed by atoms with E-state index in [4.69, 9.17) is 0 Å². The van der Waals surface area contributed by atoms with Crippen molar-refractivity contribution in [3.8, 4) is 0 Å². The van der Waals surface area contributed by atoms with Crippen molar-refractivity contribution in [2.75, 3.05) is 26.2 Å². The van der Waals surface area contributed by atoms with E-state index in [-0.39, 0.29) is 0 Å². The van der Waals surface area contributed by atoms with Crippen molar-refractivity contribution in [2.24, 2.45) is 5.41 Å². The Morgan fingerprint density at radius 3 is 2.65 bits per heavy atom. The van der Waals surface area contributed by atoms with Crippen LogP contribution in [0.2, 0.25) is 0 Å². The summed E-state index contributed by atoms with van der Waals surface area (Å²) in [5.41, 5.74) is 0.730. The van der Waals surface area contributed by atoms with Gasteiger partial charge in [-0.1, -0.05) is 13.8 Å². The van der Waals surface area contributed by atoms with Crippen LogP contribution in [-0.2, 0) is 0 Å². The molecule has 0 amide bonds. The van der Waals surface area contributed by atoms with E-state index in [1.807, 2.05) is 0 Å². The number of piperazine rings is 1. The van der Waals surface area contributed by atoms with Gasteiger partial charge in [0.15, 0.2) is 0 Å². The topological polar surface area (TPSA) is 6.48 Å². The summed E-state index contributed by atoms with van der Waals surface area (Å²) < 4.78 is 0. The molecule has 98 valence electrons. The molecule has 0 aromatic carbocycles. The van der Waals surface area contributed by atoms with Gasteiger partial charge in [-0.2, -0.15) is 0 Å². The van der Waals surface area contributed by atoms with Crippen molar-refractivity contribution in [2.45, 2.75) is 64.5 Å². The van der Waals surface area contributed by atoms with Crippen molar-refractivity contribution in [3.05, 3.63) is 0 Å². The first-order valence-corrected chi connectivity index (χ1v) is 7.74. The maximum atomic E-state index is 2.85. The minimum absolute atomic E-state index is 0.730. The largest absolute Gasteiger partial charge is 0.298 e. The molecule has 2 saturated heterocycles. The molecule has 3 rings (SSSR count). The highest BCUT2D eigenvalue weighted by atomic mass is 15.3. The molecule has 1 aliphatic carbocycles. The van der Waals surface area contributed by atoms with Crippen LogP contribution in [0.5, 0.6) is 0 Å². The fraction of sp³-hybridized carbons (Fsp3) is 1.00. The quantitative estimate of drug-likeness (QED) is 0.740. The first kappa shape index (κ1) is 12.0. The Hall–Kier alpha value is -0.0800. The summed E-state index contributed by atoms with van der Waals surface area (Å²) in [6.45, 7) is 10.2. The molecule has 3 fully saturated rings. The van der Waals surface area contributed by atoms with Gasteiger partial charge < -0.3 is 0 Å². The van der Waals surface area contributed by atoms with Crippen molar-refractivity contribution in [1.29, 1.82) is 0 Å². The minimum atomic E-state index is 0.730.